The first-order valence-corrected chi connectivity index (χ1v) is 7.85. The number of carbonyl (C=O) groups excluding carboxylic acids is 1. The maximum absolute atomic E-state index is 11.2. The Morgan fingerprint density at radius 2 is 2.20 bits per heavy atom. The summed E-state index contributed by atoms with van der Waals surface area (Å²) in [5, 5.41) is 12.7. The number of fused-ring (bicyclic) bond motifs is 1. The van der Waals surface area contributed by atoms with E-state index in [9.17, 15) is 14.7 Å². The second-order valence-electron chi connectivity index (χ2n) is 4.15. The highest BCUT2D eigenvalue weighted by atomic mass is 32.2. The van der Waals surface area contributed by atoms with Gasteiger partial charge >= 0.3 is 5.97 Å². The van der Waals surface area contributed by atoms with Crippen molar-refractivity contribution in [1.29, 1.82) is 0 Å². The lowest BCUT2D eigenvalue weighted by Gasteiger charge is -2.12. The number of aromatic nitrogens is 1. The Hall–Kier alpha value is -1.60. The standard InChI is InChI=1S/C13H14N2O3S2/c1-8(16)19-7-6-10(12(17)18)15-13-14-9-4-2-3-5-11(9)20-13/h2-5,10H,6-7H2,1H3,(H,14,15)(H,17,18)/t10-/m0/s1. The van der Waals surface area contributed by atoms with Gasteiger partial charge in [0.05, 0.1) is 10.2 Å². The van der Waals surface area contributed by atoms with Crippen LogP contribution in [0.25, 0.3) is 10.2 Å². The number of benzene rings is 1. The van der Waals surface area contributed by atoms with E-state index in [2.05, 4.69) is 10.3 Å². The van der Waals surface area contributed by atoms with Crippen LogP contribution in [0.15, 0.2) is 24.3 Å². The molecule has 0 aliphatic rings. The molecule has 106 valence electrons. The van der Waals surface area contributed by atoms with E-state index in [1.807, 2.05) is 24.3 Å². The Labute approximate surface area is 124 Å². The molecule has 20 heavy (non-hydrogen) atoms. The zero-order valence-corrected chi connectivity index (χ0v) is 12.5. The van der Waals surface area contributed by atoms with Gasteiger partial charge in [0.25, 0.3) is 0 Å². The van der Waals surface area contributed by atoms with E-state index in [4.69, 9.17) is 0 Å². The predicted molar refractivity (Wildman–Crippen MR) is 82.4 cm³/mol. The Morgan fingerprint density at radius 3 is 2.85 bits per heavy atom. The molecule has 0 fully saturated rings. The number of carbonyl (C=O) groups is 2. The lowest BCUT2D eigenvalue weighted by Crippen LogP contribution is -2.29. The van der Waals surface area contributed by atoms with Crippen LogP contribution in [0.5, 0.6) is 0 Å². The molecule has 0 amide bonds. The second-order valence-corrected chi connectivity index (χ2v) is 6.45. The van der Waals surface area contributed by atoms with Gasteiger partial charge in [-0.05, 0) is 18.6 Å². The summed E-state index contributed by atoms with van der Waals surface area (Å²) in [6, 6.07) is 6.91. The number of thiazole rings is 1. The number of hydrogen-bond acceptors (Lipinski definition) is 6. The lowest BCUT2D eigenvalue weighted by molar-refractivity contribution is -0.138. The number of hydrogen-bond donors (Lipinski definition) is 2. The third-order valence-corrected chi connectivity index (χ3v) is 4.42. The maximum atomic E-state index is 11.2. The summed E-state index contributed by atoms with van der Waals surface area (Å²) >= 11 is 2.56. The molecule has 0 saturated carbocycles. The first-order chi connectivity index (χ1) is 9.56. The topological polar surface area (TPSA) is 79.3 Å². The van der Waals surface area contributed by atoms with Gasteiger partial charge in [-0.15, -0.1) is 0 Å². The van der Waals surface area contributed by atoms with Crippen LogP contribution in [-0.4, -0.2) is 33.0 Å². The van der Waals surface area contributed by atoms with Crippen molar-refractivity contribution in [2.24, 2.45) is 0 Å². The Morgan fingerprint density at radius 1 is 1.45 bits per heavy atom. The average molecular weight is 310 g/mol. The van der Waals surface area contributed by atoms with E-state index < -0.39 is 12.0 Å². The van der Waals surface area contributed by atoms with Crippen LogP contribution in [0, 0.1) is 0 Å². The maximum Gasteiger partial charge on any atom is 0.326 e. The first-order valence-electron chi connectivity index (χ1n) is 6.04. The van der Waals surface area contributed by atoms with Crippen LogP contribution in [0.2, 0.25) is 0 Å². The minimum Gasteiger partial charge on any atom is -0.480 e. The highest BCUT2D eigenvalue weighted by Gasteiger charge is 2.18. The molecule has 0 bridgehead atoms. The molecule has 1 aromatic heterocycles. The summed E-state index contributed by atoms with van der Waals surface area (Å²) in [6.07, 6.45) is 0.371. The molecule has 0 unspecified atom stereocenters. The minimum absolute atomic E-state index is 0.00544. The van der Waals surface area contributed by atoms with Crippen LogP contribution in [0.3, 0.4) is 0 Å². The smallest absolute Gasteiger partial charge is 0.326 e. The number of carboxylic acids is 1. The van der Waals surface area contributed by atoms with Crippen LogP contribution in [0.4, 0.5) is 5.13 Å². The number of carboxylic acid groups (broad SMARTS) is 1. The van der Waals surface area contributed by atoms with E-state index in [1.165, 1.54) is 18.3 Å². The van der Waals surface area contributed by atoms with Crippen LogP contribution in [0.1, 0.15) is 13.3 Å². The summed E-state index contributed by atoms with van der Waals surface area (Å²) in [5.74, 6) is -0.460. The molecular weight excluding hydrogens is 296 g/mol. The van der Waals surface area contributed by atoms with Crippen molar-refractivity contribution in [3.8, 4) is 0 Å². The quantitative estimate of drug-likeness (QED) is 0.854. The minimum atomic E-state index is -0.937. The molecule has 1 atom stereocenters. The van der Waals surface area contributed by atoms with Gasteiger partial charge in [-0.2, -0.15) is 0 Å². The third kappa shape index (κ3) is 3.94. The summed E-state index contributed by atoms with van der Waals surface area (Å²) in [6.45, 7) is 1.47. The molecule has 1 aromatic carbocycles. The van der Waals surface area contributed by atoms with Crippen LogP contribution >= 0.6 is 23.1 Å². The number of thioether (sulfide) groups is 1. The Balaban J connectivity index is 2.03. The summed E-state index contributed by atoms with van der Waals surface area (Å²) in [5.41, 5.74) is 0.849. The highest BCUT2D eigenvalue weighted by Crippen LogP contribution is 2.26. The Bertz CT molecular complexity index is 594. The van der Waals surface area contributed by atoms with E-state index >= 15 is 0 Å². The molecule has 0 radical (unpaired) electrons. The zero-order chi connectivity index (χ0) is 14.5. The van der Waals surface area contributed by atoms with Crippen molar-refractivity contribution in [1.82, 2.24) is 4.98 Å². The van der Waals surface area contributed by atoms with Crippen LogP contribution < -0.4 is 5.32 Å². The normalized spacial score (nSPS) is 12.2. The second kappa shape index (κ2) is 6.71. The number of rotatable bonds is 6. The molecule has 2 aromatic rings. The molecule has 0 aliphatic heterocycles. The molecule has 2 rings (SSSR count). The fraction of sp³-hybridized carbons (Fsp3) is 0.308. The van der Waals surface area contributed by atoms with Crippen molar-refractivity contribution < 1.29 is 14.7 Å². The van der Waals surface area contributed by atoms with Gasteiger partial charge in [0.2, 0.25) is 0 Å². The molecule has 1 heterocycles. The molecular formula is C13H14N2O3S2. The SMILES string of the molecule is CC(=O)SCC[C@H](Nc1nc2ccccc2s1)C(=O)O. The number of para-hydroxylation sites is 1. The van der Waals surface area contributed by atoms with Crippen molar-refractivity contribution in [3.05, 3.63) is 24.3 Å². The number of anilines is 1. The monoisotopic (exact) mass is 310 g/mol. The summed E-state index contributed by atoms with van der Waals surface area (Å²) in [4.78, 5) is 26.4. The first kappa shape index (κ1) is 14.8. The number of nitrogens with zero attached hydrogens (tertiary/aromatic N) is 1. The molecule has 5 nitrogen and oxygen atoms in total. The Kier molecular flexibility index (Phi) is 4.97. The fourth-order valence-corrected chi connectivity index (χ4v) is 3.22. The van der Waals surface area contributed by atoms with Gasteiger partial charge in [0.1, 0.15) is 6.04 Å². The zero-order valence-electron chi connectivity index (χ0n) is 10.8. The molecule has 7 heteroatoms. The molecule has 2 N–H and O–H groups in total. The van der Waals surface area contributed by atoms with E-state index in [1.54, 1.807) is 0 Å². The van der Waals surface area contributed by atoms with Crippen molar-refractivity contribution >= 4 is 49.5 Å². The van der Waals surface area contributed by atoms with Gasteiger partial charge in [0, 0.05) is 12.7 Å². The van der Waals surface area contributed by atoms with E-state index in [0.29, 0.717) is 17.3 Å². The molecule has 0 aliphatic carbocycles. The lowest BCUT2D eigenvalue weighted by atomic mass is 10.2. The average Bonchev–Trinajstić information content (AvgIpc) is 2.79. The van der Waals surface area contributed by atoms with Gasteiger partial charge in [-0.3, -0.25) is 4.79 Å². The molecule has 0 saturated heterocycles. The molecule has 0 spiro atoms. The van der Waals surface area contributed by atoms with Gasteiger partial charge in [-0.25, -0.2) is 9.78 Å². The fourth-order valence-electron chi connectivity index (χ4n) is 1.66. The van der Waals surface area contributed by atoms with Crippen molar-refractivity contribution in [2.75, 3.05) is 11.1 Å². The largest absolute Gasteiger partial charge is 0.480 e. The van der Waals surface area contributed by atoms with Gasteiger partial charge in [0.15, 0.2) is 10.2 Å². The highest BCUT2D eigenvalue weighted by molar-refractivity contribution is 8.13. The van der Waals surface area contributed by atoms with Crippen LogP contribution in [-0.2, 0) is 9.59 Å². The number of aliphatic carboxylic acids is 1. The third-order valence-electron chi connectivity index (χ3n) is 2.60. The van der Waals surface area contributed by atoms with E-state index in [0.717, 1.165) is 22.0 Å². The van der Waals surface area contributed by atoms with E-state index in [-0.39, 0.29) is 5.12 Å². The van der Waals surface area contributed by atoms with Gasteiger partial charge in [-0.1, -0.05) is 35.2 Å². The summed E-state index contributed by atoms with van der Waals surface area (Å²) in [7, 11) is 0. The summed E-state index contributed by atoms with van der Waals surface area (Å²) < 4.78 is 1.01. The van der Waals surface area contributed by atoms with Gasteiger partial charge < -0.3 is 10.4 Å². The van der Waals surface area contributed by atoms with Crippen molar-refractivity contribution in [3.63, 3.8) is 0 Å². The number of nitrogens with one attached hydrogen (secondary N) is 1. The van der Waals surface area contributed by atoms with Crippen molar-refractivity contribution in [2.45, 2.75) is 19.4 Å². The predicted octanol–water partition coefficient (Wildman–Crippen LogP) is 2.83.